The van der Waals surface area contributed by atoms with E-state index in [9.17, 15) is 5.11 Å². The van der Waals surface area contributed by atoms with E-state index < -0.39 is 0 Å². The number of aliphatic imine (C=N–C) groups is 1. The van der Waals surface area contributed by atoms with Crippen molar-refractivity contribution in [1.29, 1.82) is 5.41 Å². The Bertz CT molecular complexity index is 670. The standard InChI is InChI=1S/C14H17BrN4O/c1-14(2,3)17-6-10(5-16)9-4-12(20)13-11(15)7-18-19(13)8-9/h4-8,10,16,20H,1-3H3. The number of fused-ring (bicyclic) bond motifs is 1. The van der Waals surface area contributed by atoms with Crippen molar-refractivity contribution in [3.05, 3.63) is 28.5 Å². The van der Waals surface area contributed by atoms with Gasteiger partial charge in [-0.3, -0.25) is 4.99 Å². The Morgan fingerprint density at radius 2 is 2.20 bits per heavy atom. The fourth-order valence-electron chi connectivity index (χ4n) is 1.80. The van der Waals surface area contributed by atoms with Crippen molar-refractivity contribution >= 4 is 33.9 Å². The van der Waals surface area contributed by atoms with E-state index in [0.29, 0.717) is 5.52 Å². The average Bonchev–Trinajstić information content (AvgIpc) is 2.71. The molecule has 0 radical (unpaired) electrons. The Kier molecular flexibility index (Phi) is 3.94. The molecule has 0 bridgehead atoms. The van der Waals surface area contributed by atoms with Gasteiger partial charge >= 0.3 is 0 Å². The van der Waals surface area contributed by atoms with Gasteiger partial charge in [-0.1, -0.05) is 0 Å². The largest absolute Gasteiger partial charge is 0.506 e. The quantitative estimate of drug-likeness (QED) is 0.843. The Morgan fingerprint density at radius 1 is 1.50 bits per heavy atom. The summed E-state index contributed by atoms with van der Waals surface area (Å²) in [5.41, 5.74) is 1.20. The number of hydrogen-bond donors (Lipinski definition) is 2. The molecule has 106 valence electrons. The Labute approximate surface area is 126 Å². The van der Waals surface area contributed by atoms with Crippen molar-refractivity contribution < 1.29 is 5.11 Å². The molecule has 0 aliphatic rings. The van der Waals surface area contributed by atoms with Crippen molar-refractivity contribution in [2.75, 3.05) is 0 Å². The summed E-state index contributed by atoms with van der Waals surface area (Å²) in [4.78, 5) is 4.42. The minimum absolute atomic E-state index is 0.128. The van der Waals surface area contributed by atoms with Crippen molar-refractivity contribution in [1.82, 2.24) is 9.61 Å². The second kappa shape index (κ2) is 5.36. The normalized spacial score (nSPS) is 14.0. The van der Waals surface area contributed by atoms with Gasteiger partial charge in [-0.2, -0.15) is 5.10 Å². The fourth-order valence-corrected chi connectivity index (χ4v) is 2.27. The van der Waals surface area contributed by atoms with Crippen LogP contribution in [-0.4, -0.2) is 32.7 Å². The van der Waals surface area contributed by atoms with Crippen molar-refractivity contribution in [3.8, 4) is 5.75 Å². The van der Waals surface area contributed by atoms with E-state index in [4.69, 9.17) is 5.41 Å². The Morgan fingerprint density at radius 3 is 2.80 bits per heavy atom. The summed E-state index contributed by atoms with van der Waals surface area (Å²) in [5, 5.41) is 21.8. The number of nitrogens with one attached hydrogen (secondary N) is 1. The molecule has 2 heterocycles. The second-order valence-corrected chi connectivity index (χ2v) is 6.44. The fraction of sp³-hybridized carbons (Fsp3) is 0.357. The summed E-state index contributed by atoms with van der Waals surface area (Å²) in [6, 6.07) is 1.64. The molecule has 2 N–H and O–H groups in total. The number of rotatable bonds is 3. The van der Waals surface area contributed by atoms with Crippen LogP contribution in [0.5, 0.6) is 5.75 Å². The molecule has 0 saturated heterocycles. The van der Waals surface area contributed by atoms with E-state index in [1.54, 1.807) is 29.2 Å². The first-order valence-electron chi connectivity index (χ1n) is 6.23. The molecule has 0 amide bonds. The highest BCUT2D eigenvalue weighted by Crippen LogP contribution is 2.29. The first kappa shape index (κ1) is 14.7. The Balaban J connectivity index is 2.45. The highest BCUT2D eigenvalue weighted by molar-refractivity contribution is 9.10. The number of aromatic nitrogens is 2. The van der Waals surface area contributed by atoms with E-state index in [1.807, 2.05) is 20.8 Å². The van der Waals surface area contributed by atoms with Gasteiger partial charge in [0.2, 0.25) is 0 Å². The maximum absolute atomic E-state index is 10.1. The summed E-state index contributed by atoms with van der Waals surface area (Å²) in [7, 11) is 0. The van der Waals surface area contributed by atoms with Gasteiger partial charge < -0.3 is 10.5 Å². The van der Waals surface area contributed by atoms with E-state index in [1.165, 1.54) is 6.21 Å². The number of pyridine rings is 1. The van der Waals surface area contributed by atoms with Crippen molar-refractivity contribution in [2.45, 2.75) is 32.2 Å². The van der Waals surface area contributed by atoms with E-state index in [-0.39, 0.29) is 17.2 Å². The molecule has 2 rings (SSSR count). The van der Waals surface area contributed by atoms with E-state index >= 15 is 0 Å². The topological polar surface area (TPSA) is 73.7 Å². The van der Waals surface area contributed by atoms with Gasteiger partial charge in [0, 0.05) is 18.6 Å². The molecular formula is C14H17BrN4O. The third kappa shape index (κ3) is 3.07. The maximum Gasteiger partial charge on any atom is 0.142 e. The van der Waals surface area contributed by atoms with Crippen molar-refractivity contribution in [2.24, 2.45) is 4.99 Å². The zero-order chi connectivity index (χ0) is 14.9. The number of nitrogens with zero attached hydrogens (tertiary/aromatic N) is 3. The molecule has 0 aliphatic heterocycles. The SMILES string of the molecule is CC(C)(C)N=CC(C=N)c1cc(O)c2c(Br)cnn2c1. The Hall–Kier alpha value is -1.69. The summed E-state index contributed by atoms with van der Waals surface area (Å²) < 4.78 is 2.33. The lowest BCUT2D eigenvalue weighted by atomic mass is 10.0. The molecule has 1 atom stereocenters. The van der Waals surface area contributed by atoms with Gasteiger partial charge in [0.15, 0.2) is 0 Å². The summed E-state index contributed by atoms with van der Waals surface area (Å²) >= 11 is 3.34. The summed E-state index contributed by atoms with van der Waals surface area (Å²) in [6.07, 6.45) is 6.45. The van der Waals surface area contributed by atoms with Crippen LogP contribution in [0, 0.1) is 5.41 Å². The first-order valence-corrected chi connectivity index (χ1v) is 7.03. The van der Waals surface area contributed by atoms with Crippen LogP contribution in [0.4, 0.5) is 0 Å². The van der Waals surface area contributed by atoms with Gasteiger partial charge in [0.05, 0.1) is 22.1 Å². The molecular weight excluding hydrogens is 320 g/mol. The zero-order valence-corrected chi connectivity index (χ0v) is 13.2. The lowest BCUT2D eigenvalue weighted by molar-refractivity contribution is 0.477. The van der Waals surface area contributed by atoms with Gasteiger partial charge in [-0.05, 0) is 48.3 Å². The van der Waals surface area contributed by atoms with Crippen LogP contribution in [0.25, 0.3) is 5.52 Å². The van der Waals surface area contributed by atoms with Gasteiger partial charge in [-0.25, -0.2) is 4.52 Å². The maximum atomic E-state index is 10.1. The smallest absolute Gasteiger partial charge is 0.142 e. The van der Waals surface area contributed by atoms with Crippen molar-refractivity contribution in [3.63, 3.8) is 0 Å². The van der Waals surface area contributed by atoms with Crippen LogP contribution in [0.15, 0.2) is 27.9 Å². The first-order chi connectivity index (χ1) is 9.31. The molecule has 1 unspecified atom stereocenters. The minimum Gasteiger partial charge on any atom is -0.506 e. The third-order valence-electron chi connectivity index (χ3n) is 2.76. The van der Waals surface area contributed by atoms with E-state index in [0.717, 1.165) is 10.0 Å². The second-order valence-electron chi connectivity index (χ2n) is 5.59. The summed E-state index contributed by atoms with van der Waals surface area (Å²) in [5.74, 6) is -0.157. The molecule has 0 fully saturated rings. The van der Waals surface area contributed by atoms with Gasteiger partial charge in [0.25, 0.3) is 0 Å². The molecule has 0 aliphatic carbocycles. The van der Waals surface area contributed by atoms with Crippen LogP contribution in [0.2, 0.25) is 0 Å². The van der Waals surface area contributed by atoms with Crippen LogP contribution in [0.1, 0.15) is 32.3 Å². The van der Waals surface area contributed by atoms with E-state index in [2.05, 4.69) is 26.0 Å². The molecule has 5 nitrogen and oxygen atoms in total. The zero-order valence-electron chi connectivity index (χ0n) is 11.6. The molecule has 0 spiro atoms. The lowest BCUT2D eigenvalue weighted by Crippen LogP contribution is -2.12. The predicted octanol–water partition coefficient (Wildman–Crippen LogP) is 3.40. The van der Waals surface area contributed by atoms with Crippen LogP contribution >= 0.6 is 15.9 Å². The highest BCUT2D eigenvalue weighted by Gasteiger charge is 2.14. The minimum atomic E-state index is -0.285. The average molecular weight is 337 g/mol. The third-order valence-corrected chi connectivity index (χ3v) is 3.34. The number of aromatic hydroxyl groups is 1. The van der Waals surface area contributed by atoms with Crippen LogP contribution in [0.3, 0.4) is 0 Å². The summed E-state index contributed by atoms with van der Waals surface area (Å²) in [6.45, 7) is 5.99. The monoisotopic (exact) mass is 336 g/mol. The van der Waals surface area contributed by atoms with Crippen LogP contribution in [-0.2, 0) is 0 Å². The van der Waals surface area contributed by atoms with Crippen LogP contribution < -0.4 is 0 Å². The van der Waals surface area contributed by atoms with Gasteiger partial charge in [0.1, 0.15) is 11.3 Å². The predicted molar refractivity (Wildman–Crippen MR) is 84.3 cm³/mol. The molecule has 0 saturated carbocycles. The number of hydrogen-bond acceptors (Lipinski definition) is 4. The highest BCUT2D eigenvalue weighted by atomic mass is 79.9. The molecule has 6 heteroatoms. The molecule has 0 aromatic carbocycles. The molecule has 20 heavy (non-hydrogen) atoms. The molecule has 2 aromatic heterocycles. The lowest BCUT2D eigenvalue weighted by Gasteiger charge is -2.14. The molecule has 2 aromatic rings. The number of halogens is 1. The van der Waals surface area contributed by atoms with Gasteiger partial charge in [-0.15, -0.1) is 0 Å².